The molecule has 5 heteroatoms. The number of anilines is 1. The molecule has 1 rings (SSSR count). The lowest BCUT2D eigenvalue weighted by Gasteiger charge is -2.17. The van der Waals surface area contributed by atoms with Crippen molar-refractivity contribution in [1.82, 2.24) is 0 Å². The van der Waals surface area contributed by atoms with Crippen molar-refractivity contribution in [1.29, 1.82) is 0 Å². The van der Waals surface area contributed by atoms with E-state index in [-0.39, 0.29) is 22.9 Å². The molecule has 0 saturated heterocycles. The van der Waals surface area contributed by atoms with Crippen LogP contribution in [-0.2, 0) is 4.79 Å². The van der Waals surface area contributed by atoms with Crippen molar-refractivity contribution in [3.63, 3.8) is 0 Å². The maximum Gasteiger partial charge on any atom is 0.335 e. The first-order chi connectivity index (χ1) is 7.70. The Morgan fingerprint density at radius 3 is 2.24 bits per heavy atom. The second-order valence-electron chi connectivity index (χ2n) is 4.78. The molecular formula is C12H15NO4. The Morgan fingerprint density at radius 2 is 1.76 bits per heavy atom. The minimum Gasteiger partial charge on any atom is -0.508 e. The van der Waals surface area contributed by atoms with Crippen molar-refractivity contribution in [2.45, 2.75) is 20.8 Å². The summed E-state index contributed by atoms with van der Waals surface area (Å²) in [4.78, 5) is 22.5. The summed E-state index contributed by atoms with van der Waals surface area (Å²) in [5.74, 6) is -1.61. The second kappa shape index (κ2) is 4.45. The number of phenols is 1. The molecule has 0 aliphatic heterocycles. The number of phenolic OH excluding ortho intramolecular Hbond substituents is 1. The Morgan fingerprint density at radius 1 is 1.18 bits per heavy atom. The number of carboxylic acid groups (broad SMARTS) is 1. The number of hydrogen-bond donors (Lipinski definition) is 3. The van der Waals surface area contributed by atoms with Crippen LogP contribution in [0.2, 0.25) is 0 Å². The number of aromatic hydroxyl groups is 1. The number of benzene rings is 1. The summed E-state index contributed by atoms with van der Waals surface area (Å²) in [6, 6.07) is 3.72. The van der Waals surface area contributed by atoms with E-state index < -0.39 is 11.4 Å². The molecule has 0 unspecified atom stereocenters. The maximum atomic E-state index is 11.7. The van der Waals surface area contributed by atoms with Gasteiger partial charge in [-0.25, -0.2) is 4.79 Å². The summed E-state index contributed by atoms with van der Waals surface area (Å²) in [6.07, 6.45) is 0. The zero-order valence-corrected chi connectivity index (χ0v) is 9.94. The number of aromatic carboxylic acids is 1. The van der Waals surface area contributed by atoms with Crippen LogP contribution in [-0.4, -0.2) is 22.1 Å². The number of carbonyl (C=O) groups excluding carboxylic acids is 1. The molecule has 0 atom stereocenters. The monoisotopic (exact) mass is 237 g/mol. The highest BCUT2D eigenvalue weighted by Crippen LogP contribution is 2.22. The van der Waals surface area contributed by atoms with Gasteiger partial charge >= 0.3 is 5.97 Å². The van der Waals surface area contributed by atoms with Crippen molar-refractivity contribution < 1.29 is 19.8 Å². The molecule has 0 saturated carbocycles. The van der Waals surface area contributed by atoms with Gasteiger partial charge in [-0.15, -0.1) is 0 Å². The van der Waals surface area contributed by atoms with Gasteiger partial charge in [0, 0.05) is 17.2 Å². The standard InChI is InChI=1S/C12H15NO4/c1-12(2,3)11(17)13-8-4-7(10(15)16)5-9(14)6-8/h4-6,14H,1-3H3,(H,13,17)(H,15,16). The number of carbonyl (C=O) groups is 2. The van der Waals surface area contributed by atoms with Crippen molar-refractivity contribution in [3.8, 4) is 5.75 Å². The fourth-order valence-electron chi connectivity index (χ4n) is 1.13. The molecule has 1 aromatic carbocycles. The van der Waals surface area contributed by atoms with Gasteiger partial charge in [-0.1, -0.05) is 20.8 Å². The normalized spacial score (nSPS) is 11.0. The predicted molar refractivity (Wildman–Crippen MR) is 63.2 cm³/mol. The number of hydrogen-bond acceptors (Lipinski definition) is 3. The number of amides is 1. The van der Waals surface area contributed by atoms with Gasteiger partial charge in [0.05, 0.1) is 5.56 Å². The van der Waals surface area contributed by atoms with Crippen molar-refractivity contribution in [2.75, 3.05) is 5.32 Å². The van der Waals surface area contributed by atoms with Crippen LogP contribution in [0.25, 0.3) is 0 Å². The quantitative estimate of drug-likeness (QED) is 0.734. The molecule has 3 N–H and O–H groups in total. The molecule has 0 aromatic heterocycles. The van der Waals surface area contributed by atoms with Gasteiger partial charge in [0.15, 0.2) is 0 Å². The summed E-state index contributed by atoms with van der Waals surface area (Å²) in [6.45, 7) is 5.22. The Kier molecular flexibility index (Phi) is 3.41. The van der Waals surface area contributed by atoms with E-state index in [9.17, 15) is 14.7 Å². The Labute approximate surface area is 99.1 Å². The largest absolute Gasteiger partial charge is 0.508 e. The lowest BCUT2D eigenvalue weighted by Crippen LogP contribution is -2.27. The highest BCUT2D eigenvalue weighted by molar-refractivity contribution is 5.96. The van der Waals surface area contributed by atoms with E-state index in [2.05, 4.69) is 5.32 Å². The van der Waals surface area contributed by atoms with Gasteiger partial charge < -0.3 is 15.5 Å². The van der Waals surface area contributed by atoms with Gasteiger partial charge in [0.2, 0.25) is 5.91 Å². The van der Waals surface area contributed by atoms with Gasteiger partial charge in [0.25, 0.3) is 0 Å². The average molecular weight is 237 g/mol. The van der Waals surface area contributed by atoms with E-state index in [0.29, 0.717) is 0 Å². The molecule has 0 aliphatic rings. The molecule has 17 heavy (non-hydrogen) atoms. The molecule has 5 nitrogen and oxygen atoms in total. The molecule has 0 spiro atoms. The van der Waals surface area contributed by atoms with Crippen LogP contribution < -0.4 is 5.32 Å². The average Bonchev–Trinajstić information content (AvgIpc) is 2.14. The molecule has 92 valence electrons. The fourth-order valence-corrected chi connectivity index (χ4v) is 1.13. The smallest absolute Gasteiger partial charge is 0.335 e. The van der Waals surface area contributed by atoms with E-state index in [1.165, 1.54) is 12.1 Å². The van der Waals surface area contributed by atoms with E-state index in [1.54, 1.807) is 20.8 Å². The fraction of sp³-hybridized carbons (Fsp3) is 0.333. The number of rotatable bonds is 2. The first kappa shape index (κ1) is 13.0. The molecule has 0 aliphatic carbocycles. The van der Waals surface area contributed by atoms with Crippen LogP contribution in [0.3, 0.4) is 0 Å². The minimum absolute atomic E-state index is 0.0748. The van der Waals surface area contributed by atoms with Crippen LogP contribution in [0.5, 0.6) is 5.75 Å². The summed E-state index contributed by atoms with van der Waals surface area (Å²) < 4.78 is 0. The maximum absolute atomic E-state index is 11.7. The first-order valence-electron chi connectivity index (χ1n) is 5.09. The van der Waals surface area contributed by atoms with Crippen LogP contribution in [0.1, 0.15) is 31.1 Å². The summed E-state index contributed by atoms with van der Waals surface area (Å²) in [7, 11) is 0. The van der Waals surface area contributed by atoms with Crippen LogP contribution in [0.15, 0.2) is 18.2 Å². The van der Waals surface area contributed by atoms with E-state index in [4.69, 9.17) is 5.11 Å². The van der Waals surface area contributed by atoms with Crippen molar-refractivity contribution >= 4 is 17.6 Å². The molecule has 0 fully saturated rings. The van der Waals surface area contributed by atoms with Gasteiger partial charge in [-0.05, 0) is 12.1 Å². The van der Waals surface area contributed by atoms with Crippen LogP contribution in [0.4, 0.5) is 5.69 Å². The lowest BCUT2D eigenvalue weighted by atomic mass is 9.95. The molecule has 0 bridgehead atoms. The van der Waals surface area contributed by atoms with Gasteiger partial charge in [0.1, 0.15) is 5.75 Å². The Bertz CT molecular complexity index is 460. The molecule has 0 radical (unpaired) electrons. The minimum atomic E-state index is -1.16. The first-order valence-corrected chi connectivity index (χ1v) is 5.09. The van der Waals surface area contributed by atoms with Crippen molar-refractivity contribution in [2.24, 2.45) is 5.41 Å². The Hall–Kier alpha value is -2.04. The van der Waals surface area contributed by atoms with Crippen molar-refractivity contribution in [3.05, 3.63) is 23.8 Å². The third kappa shape index (κ3) is 3.48. The predicted octanol–water partition coefficient (Wildman–Crippen LogP) is 2.07. The second-order valence-corrected chi connectivity index (χ2v) is 4.78. The summed E-state index contributed by atoms with van der Waals surface area (Å²) >= 11 is 0. The summed E-state index contributed by atoms with van der Waals surface area (Å²) in [5.41, 5.74) is -0.397. The highest BCUT2D eigenvalue weighted by atomic mass is 16.4. The molecule has 1 aromatic rings. The molecule has 1 amide bonds. The third-order valence-corrected chi connectivity index (χ3v) is 2.10. The number of nitrogens with one attached hydrogen (secondary N) is 1. The Balaban J connectivity index is 3.00. The third-order valence-electron chi connectivity index (χ3n) is 2.10. The molecule has 0 heterocycles. The zero-order valence-electron chi connectivity index (χ0n) is 9.94. The van der Waals surface area contributed by atoms with Crippen LogP contribution in [0, 0.1) is 5.41 Å². The van der Waals surface area contributed by atoms with E-state index in [0.717, 1.165) is 6.07 Å². The van der Waals surface area contributed by atoms with Gasteiger partial charge in [-0.3, -0.25) is 4.79 Å². The van der Waals surface area contributed by atoms with E-state index in [1.807, 2.05) is 0 Å². The SMILES string of the molecule is CC(C)(C)C(=O)Nc1cc(O)cc(C(=O)O)c1. The lowest BCUT2D eigenvalue weighted by molar-refractivity contribution is -0.123. The zero-order chi connectivity index (χ0) is 13.2. The highest BCUT2D eigenvalue weighted by Gasteiger charge is 2.21. The summed E-state index contributed by atoms with van der Waals surface area (Å²) in [5, 5.41) is 20.7. The topological polar surface area (TPSA) is 86.6 Å². The van der Waals surface area contributed by atoms with Crippen LogP contribution >= 0.6 is 0 Å². The van der Waals surface area contributed by atoms with E-state index >= 15 is 0 Å². The van der Waals surface area contributed by atoms with Gasteiger partial charge in [-0.2, -0.15) is 0 Å². The number of carboxylic acids is 1. The molecular weight excluding hydrogens is 222 g/mol.